The third kappa shape index (κ3) is 5.58. The van der Waals surface area contributed by atoms with Crippen LogP contribution in [0.3, 0.4) is 0 Å². The Balaban J connectivity index is 1.39. The number of morpholine rings is 1. The first-order valence-corrected chi connectivity index (χ1v) is 13.2. The SMILES string of the molecule is CCNC(=NCC1CCN(S(C)(=O)=O)C1)N1CC2OCCN(Cc3ccccc3)C2C1. The van der Waals surface area contributed by atoms with E-state index < -0.39 is 10.0 Å². The lowest BCUT2D eigenvalue weighted by Gasteiger charge is -2.36. The van der Waals surface area contributed by atoms with Gasteiger partial charge >= 0.3 is 0 Å². The first kappa shape index (κ1) is 22.5. The second kappa shape index (κ2) is 9.85. The van der Waals surface area contributed by atoms with E-state index in [0.29, 0.717) is 25.7 Å². The number of hydrogen-bond acceptors (Lipinski definition) is 5. The van der Waals surface area contributed by atoms with Gasteiger partial charge in [0.1, 0.15) is 0 Å². The first-order chi connectivity index (χ1) is 14.9. The molecule has 1 N–H and O–H groups in total. The molecule has 0 spiro atoms. The molecule has 3 heterocycles. The lowest BCUT2D eigenvalue weighted by atomic mass is 10.1. The Bertz CT molecular complexity index is 863. The van der Waals surface area contributed by atoms with Gasteiger partial charge < -0.3 is 15.0 Å². The molecule has 9 heteroatoms. The fourth-order valence-corrected chi connectivity index (χ4v) is 5.75. The van der Waals surface area contributed by atoms with Gasteiger partial charge in [0, 0.05) is 52.4 Å². The smallest absolute Gasteiger partial charge is 0.211 e. The number of ether oxygens (including phenoxy) is 1. The number of rotatable bonds is 6. The second-order valence-corrected chi connectivity index (χ2v) is 10.8. The van der Waals surface area contributed by atoms with E-state index in [9.17, 15) is 8.42 Å². The molecule has 3 aliphatic heterocycles. The molecule has 0 saturated carbocycles. The van der Waals surface area contributed by atoms with Gasteiger partial charge in [0.05, 0.1) is 25.0 Å². The second-order valence-electron chi connectivity index (χ2n) is 8.81. The van der Waals surface area contributed by atoms with Crippen LogP contribution in [0.15, 0.2) is 35.3 Å². The summed E-state index contributed by atoms with van der Waals surface area (Å²) in [6.07, 6.45) is 2.35. The van der Waals surface area contributed by atoms with Crippen LogP contribution >= 0.6 is 0 Å². The molecule has 3 fully saturated rings. The third-order valence-corrected chi connectivity index (χ3v) is 7.77. The molecule has 172 valence electrons. The number of nitrogens with zero attached hydrogens (tertiary/aromatic N) is 4. The summed E-state index contributed by atoms with van der Waals surface area (Å²) in [6.45, 7) is 9.08. The summed E-state index contributed by atoms with van der Waals surface area (Å²) in [5, 5.41) is 3.43. The van der Waals surface area contributed by atoms with Crippen LogP contribution in [0, 0.1) is 5.92 Å². The fourth-order valence-electron chi connectivity index (χ4n) is 4.83. The van der Waals surface area contributed by atoms with Crippen molar-refractivity contribution in [1.29, 1.82) is 0 Å². The van der Waals surface area contributed by atoms with Gasteiger partial charge in [-0.1, -0.05) is 30.3 Å². The molecule has 1 aromatic carbocycles. The van der Waals surface area contributed by atoms with Crippen molar-refractivity contribution in [2.24, 2.45) is 10.9 Å². The van der Waals surface area contributed by atoms with Crippen molar-refractivity contribution < 1.29 is 13.2 Å². The van der Waals surface area contributed by atoms with E-state index in [4.69, 9.17) is 9.73 Å². The first-order valence-electron chi connectivity index (χ1n) is 11.3. The summed E-state index contributed by atoms with van der Waals surface area (Å²) in [5.74, 6) is 1.19. The number of likely N-dealkylation sites (tertiary alicyclic amines) is 1. The van der Waals surface area contributed by atoms with Crippen LogP contribution < -0.4 is 5.32 Å². The molecule has 31 heavy (non-hydrogen) atoms. The van der Waals surface area contributed by atoms with E-state index in [-0.39, 0.29) is 12.0 Å². The highest BCUT2D eigenvalue weighted by Gasteiger charge is 2.41. The minimum absolute atomic E-state index is 0.188. The number of aliphatic imine (C=N–C) groups is 1. The Hall–Kier alpha value is -1.68. The molecule has 3 unspecified atom stereocenters. The Morgan fingerprint density at radius 1 is 1.19 bits per heavy atom. The molecule has 8 nitrogen and oxygen atoms in total. The standard InChI is InChI=1S/C22H35N5O3S/c1-3-23-22(24-13-19-9-10-27(15-19)31(2,28)29)26-16-20-21(17-26)30-12-11-25(20)14-18-7-5-4-6-8-18/h4-8,19-21H,3,9-17H2,1-2H3,(H,23,24). The van der Waals surface area contributed by atoms with Gasteiger partial charge in [0.15, 0.2) is 5.96 Å². The van der Waals surface area contributed by atoms with Gasteiger partial charge in [-0.15, -0.1) is 0 Å². The van der Waals surface area contributed by atoms with Crippen LogP contribution in [-0.4, -0.2) is 99.3 Å². The zero-order valence-corrected chi connectivity index (χ0v) is 19.4. The number of hydrogen-bond donors (Lipinski definition) is 1. The predicted molar refractivity (Wildman–Crippen MR) is 122 cm³/mol. The number of sulfonamides is 1. The maximum absolute atomic E-state index is 11.8. The van der Waals surface area contributed by atoms with Gasteiger partial charge in [-0.2, -0.15) is 0 Å². The maximum Gasteiger partial charge on any atom is 0.211 e. The van der Waals surface area contributed by atoms with Crippen LogP contribution in [0.4, 0.5) is 0 Å². The highest BCUT2D eigenvalue weighted by atomic mass is 32.2. The minimum atomic E-state index is -3.11. The van der Waals surface area contributed by atoms with Crippen LogP contribution in [0.1, 0.15) is 18.9 Å². The Morgan fingerprint density at radius 3 is 2.71 bits per heavy atom. The van der Waals surface area contributed by atoms with Crippen LogP contribution in [-0.2, 0) is 21.3 Å². The molecule has 0 aliphatic carbocycles. The molecular formula is C22H35N5O3S. The van der Waals surface area contributed by atoms with E-state index in [1.807, 2.05) is 0 Å². The minimum Gasteiger partial charge on any atom is -0.373 e. The van der Waals surface area contributed by atoms with Gasteiger partial charge in [-0.25, -0.2) is 12.7 Å². The van der Waals surface area contributed by atoms with E-state index in [1.54, 1.807) is 4.31 Å². The largest absolute Gasteiger partial charge is 0.373 e. The zero-order valence-electron chi connectivity index (χ0n) is 18.6. The van der Waals surface area contributed by atoms with Crippen molar-refractivity contribution in [1.82, 2.24) is 19.4 Å². The summed E-state index contributed by atoms with van der Waals surface area (Å²) in [7, 11) is -3.11. The number of nitrogens with one attached hydrogen (secondary N) is 1. The summed E-state index contributed by atoms with van der Waals surface area (Å²) in [6, 6.07) is 11.0. The highest BCUT2D eigenvalue weighted by molar-refractivity contribution is 7.88. The van der Waals surface area contributed by atoms with E-state index >= 15 is 0 Å². The molecule has 3 saturated heterocycles. The molecule has 0 radical (unpaired) electrons. The third-order valence-electron chi connectivity index (χ3n) is 6.50. The molecule has 0 bridgehead atoms. The predicted octanol–water partition coefficient (Wildman–Crippen LogP) is 0.819. The number of fused-ring (bicyclic) bond motifs is 1. The van der Waals surface area contributed by atoms with E-state index in [2.05, 4.69) is 52.4 Å². The Morgan fingerprint density at radius 2 is 2.00 bits per heavy atom. The molecule has 4 rings (SSSR count). The van der Waals surface area contributed by atoms with Crippen molar-refractivity contribution in [3.8, 4) is 0 Å². The van der Waals surface area contributed by atoms with E-state index in [0.717, 1.165) is 51.7 Å². The van der Waals surface area contributed by atoms with Crippen LogP contribution in [0.25, 0.3) is 0 Å². The average Bonchev–Trinajstić information content (AvgIpc) is 3.39. The molecule has 3 aliphatic rings. The highest BCUT2D eigenvalue weighted by Crippen LogP contribution is 2.25. The molecule has 0 aromatic heterocycles. The van der Waals surface area contributed by atoms with Crippen molar-refractivity contribution in [2.75, 3.05) is 58.7 Å². The number of guanidine groups is 1. The topological polar surface area (TPSA) is 77.5 Å². The van der Waals surface area contributed by atoms with Crippen molar-refractivity contribution >= 4 is 16.0 Å². The van der Waals surface area contributed by atoms with Gasteiger partial charge in [0.2, 0.25) is 10.0 Å². The Kier molecular flexibility index (Phi) is 7.15. The van der Waals surface area contributed by atoms with Crippen molar-refractivity contribution in [3.05, 3.63) is 35.9 Å². The number of benzene rings is 1. The normalized spacial score (nSPS) is 28.1. The van der Waals surface area contributed by atoms with E-state index in [1.165, 1.54) is 11.8 Å². The molecular weight excluding hydrogens is 414 g/mol. The maximum atomic E-state index is 11.8. The van der Waals surface area contributed by atoms with Crippen LogP contribution in [0.2, 0.25) is 0 Å². The summed E-state index contributed by atoms with van der Waals surface area (Å²) in [4.78, 5) is 9.74. The van der Waals surface area contributed by atoms with Gasteiger partial charge in [0.25, 0.3) is 0 Å². The lowest BCUT2D eigenvalue weighted by Crippen LogP contribution is -2.50. The summed E-state index contributed by atoms with van der Waals surface area (Å²) >= 11 is 0. The van der Waals surface area contributed by atoms with Crippen LogP contribution in [0.5, 0.6) is 0 Å². The monoisotopic (exact) mass is 449 g/mol. The van der Waals surface area contributed by atoms with Gasteiger partial charge in [-0.05, 0) is 24.8 Å². The molecule has 1 aromatic rings. The summed E-state index contributed by atoms with van der Waals surface area (Å²) in [5.41, 5.74) is 1.33. The van der Waals surface area contributed by atoms with Crippen molar-refractivity contribution in [3.63, 3.8) is 0 Å². The molecule has 0 amide bonds. The Labute approximate surface area is 186 Å². The van der Waals surface area contributed by atoms with Crippen molar-refractivity contribution in [2.45, 2.75) is 32.0 Å². The average molecular weight is 450 g/mol. The quantitative estimate of drug-likeness (QED) is 0.512. The summed E-state index contributed by atoms with van der Waals surface area (Å²) < 4.78 is 31.3. The molecule has 3 atom stereocenters. The van der Waals surface area contributed by atoms with Gasteiger partial charge in [-0.3, -0.25) is 9.89 Å². The fraction of sp³-hybridized carbons (Fsp3) is 0.682. The zero-order chi connectivity index (χ0) is 21.8. The lowest BCUT2D eigenvalue weighted by molar-refractivity contribution is -0.0502.